The van der Waals surface area contributed by atoms with E-state index in [4.69, 9.17) is 11.6 Å². The molecule has 0 bridgehead atoms. The molecule has 0 aliphatic heterocycles. The Morgan fingerprint density at radius 1 is 1.39 bits per heavy atom. The van der Waals surface area contributed by atoms with Gasteiger partial charge in [0.1, 0.15) is 5.38 Å². The van der Waals surface area contributed by atoms with Gasteiger partial charge >= 0.3 is 0 Å². The van der Waals surface area contributed by atoms with Gasteiger partial charge in [0.25, 0.3) is 0 Å². The molecule has 2 unspecified atom stereocenters. The lowest BCUT2D eigenvalue weighted by molar-refractivity contribution is -0.121. The molecule has 0 fully saturated rings. The van der Waals surface area contributed by atoms with Gasteiger partial charge in [0.15, 0.2) is 0 Å². The number of halogens is 1. The molecule has 0 spiro atoms. The van der Waals surface area contributed by atoms with Gasteiger partial charge < -0.3 is 5.32 Å². The highest BCUT2D eigenvalue weighted by Crippen LogP contribution is 2.20. The molecule has 0 saturated heterocycles. The van der Waals surface area contributed by atoms with Gasteiger partial charge in [-0.25, -0.2) is 0 Å². The first-order valence-electron chi connectivity index (χ1n) is 6.22. The lowest BCUT2D eigenvalue weighted by Crippen LogP contribution is -2.35. The second-order valence-corrected chi connectivity index (χ2v) is 6.00. The minimum Gasteiger partial charge on any atom is -0.352 e. The van der Waals surface area contributed by atoms with Crippen molar-refractivity contribution in [3.8, 4) is 0 Å². The summed E-state index contributed by atoms with van der Waals surface area (Å²) in [6.45, 7) is 4.15. The summed E-state index contributed by atoms with van der Waals surface area (Å²) >= 11 is 8.03. The molecule has 100 valence electrons. The SMILES string of the molecule is CCSCCC(C)NC(=O)C(Cl)c1ccccc1. The Morgan fingerprint density at radius 2 is 2.06 bits per heavy atom. The maximum atomic E-state index is 11.9. The highest BCUT2D eigenvalue weighted by molar-refractivity contribution is 7.99. The Hall–Kier alpha value is -0.670. The predicted octanol–water partition coefficient (Wildman–Crippen LogP) is 3.61. The van der Waals surface area contributed by atoms with E-state index in [0.29, 0.717) is 0 Å². The number of nitrogens with one attached hydrogen (secondary N) is 1. The maximum Gasteiger partial charge on any atom is 0.242 e. The van der Waals surface area contributed by atoms with Gasteiger partial charge in [-0.15, -0.1) is 11.6 Å². The van der Waals surface area contributed by atoms with E-state index in [2.05, 4.69) is 12.2 Å². The van der Waals surface area contributed by atoms with E-state index >= 15 is 0 Å². The molecule has 18 heavy (non-hydrogen) atoms. The highest BCUT2D eigenvalue weighted by atomic mass is 35.5. The van der Waals surface area contributed by atoms with Gasteiger partial charge in [0.05, 0.1) is 0 Å². The Bertz CT molecular complexity index is 358. The number of benzene rings is 1. The average Bonchev–Trinajstić information content (AvgIpc) is 2.39. The number of carbonyl (C=O) groups is 1. The number of carbonyl (C=O) groups excluding carboxylic acids is 1. The monoisotopic (exact) mass is 285 g/mol. The molecular weight excluding hydrogens is 266 g/mol. The van der Waals surface area contributed by atoms with E-state index in [1.54, 1.807) is 0 Å². The lowest BCUT2D eigenvalue weighted by Gasteiger charge is -2.16. The normalized spacial score (nSPS) is 13.9. The summed E-state index contributed by atoms with van der Waals surface area (Å²) in [7, 11) is 0. The molecule has 4 heteroatoms. The molecule has 1 N–H and O–H groups in total. The molecule has 1 aromatic carbocycles. The molecule has 0 saturated carbocycles. The van der Waals surface area contributed by atoms with Crippen LogP contribution in [0.4, 0.5) is 0 Å². The van der Waals surface area contributed by atoms with Crippen LogP contribution >= 0.6 is 23.4 Å². The summed E-state index contributed by atoms with van der Waals surface area (Å²) in [5, 5.41) is 2.35. The molecule has 0 aromatic heterocycles. The van der Waals surface area contributed by atoms with Crippen molar-refractivity contribution >= 4 is 29.3 Å². The van der Waals surface area contributed by atoms with E-state index in [1.807, 2.05) is 49.0 Å². The third-order valence-electron chi connectivity index (χ3n) is 2.61. The average molecular weight is 286 g/mol. The predicted molar refractivity (Wildman–Crippen MR) is 80.3 cm³/mol. The van der Waals surface area contributed by atoms with Crippen LogP contribution in [0.3, 0.4) is 0 Å². The number of alkyl halides is 1. The molecule has 2 atom stereocenters. The summed E-state index contributed by atoms with van der Waals surface area (Å²) in [4.78, 5) is 11.9. The quantitative estimate of drug-likeness (QED) is 0.612. The fraction of sp³-hybridized carbons (Fsp3) is 0.500. The Kier molecular flexibility index (Phi) is 7.21. The summed E-state index contributed by atoms with van der Waals surface area (Å²) in [6.07, 6.45) is 0.975. The van der Waals surface area contributed by atoms with Crippen LogP contribution in [0.25, 0.3) is 0 Å². The first-order valence-corrected chi connectivity index (χ1v) is 7.81. The second-order valence-electron chi connectivity index (χ2n) is 4.17. The summed E-state index contributed by atoms with van der Waals surface area (Å²) in [6, 6.07) is 9.60. The Balaban J connectivity index is 2.40. The molecular formula is C14H20ClNOS. The Labute approximate surface area is 118 Å². The fourth-order valence-corrected chi connectivity index (χ4v) is 2.58. The van der Waals surface area contributed by atoms with Crippen molar-refractivity contribution in [3.63, 3.8) is 0 Å². The van der Waals surface area contributed by atoms with E-state index in [9.17, 15) is 4.79 Å². The number of hydrogen-bond donors (Lipinski definition) is 1. The van der Waals surface area contributed by atoms with Crippen molar-refractivity contribution in [3.05, 3.63) is 35.9 Å². The van der Waals surface area contributed by atoms with Gasteiger partial charge in [0.2, 0.25) is 5.91 Å². The third-order valence-corrected chi connectivity index (χ3v) is 3.99. The second kappa shape index (κ2) is 8.44. The van der Waals surface area contributed by atoms with E-state index in [0.717, 1.165) is 23.5 Å². The van der Waals surface area contributed by atoms with E-state index in [-0.39, 0.29) is 11.9 Å². The van der Waals surface area contributed by atoms with Gasteiger partial charge in [-0.2, -0.15) is 11.8 Å². The van der Waals surface area contributed by atoms with Gasteiger partial charge in [-0.05, 0) is 30.4 Å². The zero-order valence-electron chi connectivity index (χ0n) is 10.9. The number of thioether (sulfide) groups is 1. The minimum atomic E-state index is -0.604. The van der Waals surface area contributed by atoms with Crippen molar-refractivity contribution in [2.24, 2.45) is 0 Å². The summed E-state index contributed by atoms with van der Waals surface area (Å²) in [5.41, 5.74) is 0.840. The molecule has 2 nitrogen and oxygen atoms in total. The zero-order valence-corrected chi connectivity index (χ0v) is 12.4. The van der Waals surface area contributed by atoms with Crippen LogP contribution in [-0.2, 0) is 4.79 Å². The summed E-state index contributed by atoms with van der Waals surface area (Å²) in [5.74, 6) is 2.07. The van der Waals surface area contributed by atoms with Crippen LogP contribution in [0, 0.1) is 0 Å². The number of hydrogen-bond acceptors (Lipinski definition) is 2. The maximum absolute atomic E-state index is 11.9. The molecule has 0 aliphatic carbocycles. The van der Waals surface area contributed by atoms with Crippen LogP contribution in [0.15, 0.2) is 30.3 Å². The molecule has 0 heterocycles. The third kappa shape index (κ3) is 5.32. The first-order chi connectivity index (χ1) is 8.65. The van der Waals surface area contributed by atoms with Gasteiger partial charge in [-0.1, -0.05) is 37.3 Å². The smallest absolute Gasteiger partial charge is 0.242 e. The molecule has 0 aliphatic rings. The van der Waals surface area contributed by atoms with Crippen molar-refractivity contribution < 1.29 is 4.79 Å². The van der Waals surface area contributed by atoms with Crippen molar-refractivity contribution in [2.75, 3.05) is 11.5 Å². The minimum absolute atomic E-state index is 0.114. The van der Waals surface area contributed by atoms with Gasteiger partial charge in [-0.3, -0.25) is 4.79 Å². The van der Waals surface area contributed by atoms with Crippen LogP contribution in [0.2, 0.25) is 0 Å². The molecule has 1 aromatic rings. The molecule has 1 rings (SSSR count). The Morgan fingerprint density at radius 3 is 2.67 bits per heavy atom. The zero-order chi connectivity index (χ0) is 13.4. The lowest BCUT2D eigenvalue weighted by atomic mass is 10.1. The molecule has 1 amide bonds. The summed E-state index contributed by atoms with van der Waals surface area (Å²) < 4.78 is 0. The van der Waals surface area contributed by atoms with Crippen molar-refractivity contribution in [2.45, 2.75) is 31.7 Å². The van der Waals surface area contributed by atoms with Gasteiger partial charge in [0, 0.05) is 6.04 Å². The highest BCUT2D eigenvalue weighted by Gasteiger charge is 2.18. The van der Waals surface area contributed by atoms with E-state index in [1.165, 1.54) is 0 Å². The standard InChI is InChI=1S/C14H20ClNOS/c1-3-18-10-9-11(2)16-14(17)13(15)12-7-5-4-6-8-12/h4-8,11,13H,3,9-10H2,1-2H3,(H,16,17). The van der Waals surface area contributed by atoms with Crippen molar-refractivity contribution in [1.82, 2.24) is 5.32 Å². The van der Waals surface area contributed by atoms with Crippen LogP contribution in [-0.4, -0.2) is 23.5 Å². The topological polar surface area (TPSA) is 29.1 Å². The van der Waals surface area contributed by atoms with Crippen LogP contribution in [0.1, 0.15) is 31.2 Å². The fourth-order valence-electron chi connectivity index (χ4n) is 1.57. The van der Waals surface area contributed by atoms with Crippen LogP contribution < -0.4 is 5.32 Å². The number of rotatable bonds is 7. The first kappa shape index (κ1) is 15.4. The van der Waals surface area contributed by atoms with Crippen molar-refractivity contribution in [1.29, 1.82) is 0 Å². The van der Waals surface area contributed by atoms with E-state index < -0.39 is 5.38 Å². The largest absolute Gasteiger partial charge is 0.352 e. The molecule has 0 radical (unpaired) electrons. The number of amides is 1. The van der Waals surface area contributed by atoms with Crippen LogP contribution in [0.5, 0.6) is 0 Å².